The van der Waals surface area contributed by atoms with E-state index in [-0.39, 0.29) is 6.04 Å². The molecule has 116 valence electrons. The number of aliphatic hydroxyl groups is 1. The van der Waals surface area contributed by atoms with Crippen LogP contribution in [0.4, 0.5) is 0 Å². The molecule has 3 nitrogen and oxygen atoms in total. The molecule has 4 unspecified atom stereocenters. The Kier molecular flexibility index (Phi) is 4.94. The Balaban J connectivity index is 1.54. The predicted octanol–water partition coefficient (Wildman–Crippen LogP) is 2.18. The van der Waals surface area contributed by atoms with Gasteiger partial charge in [-0.05, 0) is 50.1 Å². The van der Waals surface area contributed by atoms with Gasteiger partial charge >= 0.3 is 0 Å². The second-order valence-corrected chi connectivity index (χ2v) is 6.82. The third-order valence-electron chi connectivity index (χ3n) is 5.34. The van der Waals surface area contributed by atoms with Gasteiger partial charge in [0, 0.05) is 18.6 Å². The van der Waals surface area contributed by atoms with Crippen molar-refractivity contribution in [3.05, 3.63) is 35.9 Å². The fraction of sp³-hybridized carbons (Fsp3) is 0.667. The van der Waals surface area contributed by atoms with Crippen LogP contribution in [0.1, 0.15) is 37.7 Å². The monoisotopic (exact) mass is 288 g/mol. The average molecular weight is 288 g/mol. The molecule has 1 aromatic carbocycles. The van der Waals surface area contributed by atoms with Crippen LogP contribution in [0.5, 0.6) is 0 Å². The molecular weight excluding hydrogens is 260 g/mol. The molecule has 21 heavy (non-hydrogen) atoms. The summed E-state index contributed by atoms with van der Waals surface area (Å²) in [6.07, 6.45) is 7.04. The summed E-state index contributed by atoms with van der Waals surface area (Å²) in [5.74, 6) is 0.872. The fourth-order valence-corrected chi connectivity index (χ4v) is 4.18. The minimum absolute atomic E-state index is 0.172. The van der Waals surface area contributed by atoms with E-state index in [1.807, 2.05) is 18.2 Å². The van der Waals surface area contributed by atoms with Crippen molar-refractivity contribution >= 4 is 0 Å². The van der Waals surface area contributed by atoms with Gasteiger partial charge < -0.3 is 10.8 Å². The summed E-state index contributed by atoms with van der Waals surface area (Å²) in [5, 5.41) is 10.5. The van der Waals surface area contributed by atoms with E-state index in [1.165, 1.54) is 37.7 Å². The third kappa shape index (κ3) is 3.65. The maximum absolute atomic E-state index is 10.5. The lowest BCUT2D eigenvalue weighted by Crippen LogP contribution is -2.50. The number of fused-ring (bicyclic) bond motifs is 1. The van der Waals surface area contributed by atoms with Gasteiger partial charge in [-0.15, -0.1) is 0 Å². The van der Waals surface area contributed by atoms with Gasteiger partial charge in [0.25, 0.3) is 0 Å². The number of hydrogen-bond acceptors (Lipinski definition) is 3. The molecule has 0 radical (unpaired) electrons. The van der Waals surface area contributed by atoms with Crippen LogP contribution in [-0.4, -0.2) is 41.3 Å². The summed E-state index contributed by atoms with van der Waals surface area (Å²) in [6, 6.07) is 10.8. The second-order valence-electron chi connectivity index (χ2n) is 6.82. The van der Waals surface area contributed by atoms with Crippen molar-refractivity contribution in [3.63, 3.8) is 0 Å². The first kappa shape index (κ1) is 15.0. The average Bonchev–Trinajstić information content (AvgIpc) is 2.98. The van der Waals surface area contributed by atoms with Crippen LogP contribution < -0.4 is 5.73 Å². The van der Waals surface area contributed by atoms with Crippen molar-refractivity contribution in [2.24, 2.45) is 11.7 Å². The van der Waals surface area contributed by atoms with Crippen molar-refractivity contribution in [2.75, 3.05) is 13.1 Å². The van der Waals surface area contributed by atoms with Crippen LogP contribution in [0.25, 0.3) is 0 Å². The number of nitrogens with zero attached hydrogens (tertiary/aromatic N) is 1. The standard InChI is InChI=1S/C18H28N2O/c19-16(12-14-6-2-1-3-7-14)18(21)13-20-11-5-9-15-8-4-10-17(15)20/h1-3,6-7,15-18,21H,4-5,8-13,19H2. The first-order valence-electron chi connectivity index (χ1n) is 8.45. The zero-order valence-corrected chi connectivity index (χ0v) is 12.8. The SMILES string of the molecule is NC(Cc1ccccc1)C(O)CN1CCCC2CCCC21. The lowest BCUT2D eigenvalue weighted by atomic mass is 9.91. The van der Waals surface area contributed by atoms with Crippen LogP contribution in [-0.2, 0) is 6.42 Å². The number of hydrogen-bond donors (Lipinski definition) is 2. The van der Waals surface area contributed by atoms with Crippen molar-refractivity contribution in [1.29, 1.82) is 0 Å². The van der Waals surface area contributed by atoms with Gasteiger partial charge in [0.1, 0.15) is 0 Å². The summed E-state index contributed by atoms with van der Waals surface area (Å²) in [6.45, 7) is 1.88. The first-order chi connectivity index (χ1) is 10.2. The Morgan fingerprint density at radius 2 is 1.90 bits per heavy atom. The molecule has 1 aliphatic heterocycles. The normalized spacial score (nSPS) is 29.0. The maximum Gasteiger partial charge on any atom is 0.0821 e. The number of nitrogens with two attached hydrogens (primary N) is 1. The van der Waals surface area contributed by atoms with Crippen molar-refractivity contribution in [3.8, 4) is 0 Å². The number of aliphatic hydroxyl groups excluding tert-OH is 1. The molecule has 3 rings (SSSR count). The highest BCUT2D eigenvalue weighted by molar-refractivity contribution is 5.16. The molecule has 0 aromatic heterocycles. The van der Waals surface area contributed by atoms with Gasteiger partial charge in [0.2, 0.25) is 0 Å². The summed E-state index contributed by atoms with van der Waals surface area (Å²) in [4.78, 5) is 2.51. The number of piperidine rings is 1. The molecule has 1 aromatic rings. The van der Waals surface area contributed by atoms with Crippen LogP contribution >= 0.6 is 0 Å². The third-order valence-corrected chi connectivity index (χ3v) is 5.34. The van der Waals surface area contributed by atoms with Gasteiger partial charge in [-0.2, -0.15) is 0 Å². The molecule has 1 saturated heterocycles. The van der Waals surface area contributed by atoms with Crippen LogP contribution in [0.3, 0.4) is 0 Å². The second kappa shape index (κ2) is 6.91. The molecule has 0 bridgehead atoms. The maximum atomic E-state index is 10.5. The van der Waals surface area contributed by atoms with Gasteiger partial charge in [-0.25, -0.2) is 0 Å². The number of benzene rings is 1. The molecule has 2 aliphatic rings. The summed E-state index contributed by atoms with van der Waals surface area (Å²) < 4.78 is 0. The molecule has 2 fully saturated rings. The van der Waals surface area contributed by atoms with Gasteiger partial charge in [0.05, 0.1) is 6.10 Å². The molecule has 1 aliphatic carbocycles. The minimum Gasteiger partial charge on any atom is -0.390 e. The number of β-amino-alcohol motifs (C(OH)–C–C–N with tert-alkyl or cyclic N) is 1. The fourth-order valence-electron chi connectivity index (χ4n) is 4.18. The highest BCUT2D eigenvalue weighted by Gasteiger charge is 2.36. The highest BCUT2D eigenvalue weighted by atomic mass is 16.3. The lowest BCUT2D eigenvalue weighted by Gasteiger charge is -2.39. The molecule has 1 saturated carbocycles. The van der Waals surface area contributed by atoms with E-state index < -0.39 is 6.10 Å². The van der Waals surface area contributed by atoms with Crippen molar-refractivity contribution in [1.82, 2.24) is 4.90 Å². The van der Waals surface area contributed by atoms with E-state index >= 15 is 0 Å². The van der Waals surface area contributed by atoms with Crippen LogP contribution in [0.2, 0.25) is 0 Å². The quantitative estimate of drug-likeness (QED) is 0.873. The molecular formula is C18H28N2O. The summed E-state index contributed by atoms with van der Waals surface area (Å²) in [5.41, 5.74) is 7.44. The Morgan fingerprint density at radius 1 is 1.14 bits per heavy atom. The molecule has 0 spiro atoms. The Bertz CT molecular complexity index is 436. The topological polar surface area (TPSA) is 49.5 Å². The predicted molar refractivity (Wildman–Crippen MR) is 86.1 cm³/mol. The van der Waals surface area contributed by atoms with Crippen LogP contribution in [0.15, 0.2) is 30.3 Å². The lowest BCUT2D eigenvalue weighted by molar-refractivity contribution is 0.0398. The Hall–Kier alpha value is -0.900. The molecule has 0 amide bonds. The smallest absolute Gasteiger partial charge is 0.0821 e. The van der Waals surface area contributed by atoms with Gasteiger partial charge in [0.15, 0.2) is 0 Å². The molecule has 3 heteroatoms. The Morgan fingerprint density at radius 3 is 2.71 bits per heavy atom. The van der Waals surface area contributed by atoms with Gasteiger partial charge in [-0.1, -0.05) is 36.8 Å². The zero-order valence-electron chi connectivity index (χ0n) is 12.8. The number of rotatable bonds is 5. The van der Waals surface area contributed by atoms with E-state index in [4.69, 9.17) is 5.73 Å². The zero-order chi connectivity index (χ0) is 14.7. The minimum atomic E-state index is -0.426. The van der Waals surface area contributed by atoms with E-state index in [0.717, 1.165) is 25.4 Å². The van der Waals surface area contributed by atoms with E-state index in [0.29, 0.717) is 6.04 Å². The van der Waals surface area contributed by atoms with Gasteiger partial charge in [-0.3, -0.25) is 4.90 Å². The molecule has 1 heterocycles. The van der Waals surface area contributed by atoms with E-state index in [9.17, 15) is 5.11 Å². The number of likely N-dealkylation sites (tertiary alicyclic amines) is 1. The molecule has 3 N–H and O–H groups in total. The Labute approximate surface area is 128 Å². The van der Waals surface area contributed by atoms with E-state index in [2.05, 4.69) is 17.0 Å². The first-order valence-corrected chi connectivity index (χ1v) is 8.45. The van der Waals surface area contributed by atoms with Crippen LogP contribution in [0, 0.1) is 5.92 Å². The van der Waals surface area contributed by atoms with Crippen molar-refractivity contribution < 1.29 is 5.11 Å². The molecule has 4 atom stereocenters. The van der Waals surface area contributed by atoms with E-state index in [1.54, 1.807) is 0 Å². The summed E-state index contributed by atoms with van der Waals surface area (Å²) >= 11 is 0. The summed E-state index contributed by atoms with van der Waals surface area (Å²) in [7, 11) is 0. The largest absolute Gasteiger partial charge is 0.390 e. The highest BCUT2D eigenvalue weighted by Crippen LogP contribution is 2.36. The van der Waals surface area contributed by atoms with Crippen molar-refractivity contribution in [2.45, 2.75) is 56.7 Å².